The lowest BCUT2D eigenvalue weighted by atomic mass is 9.92. The monoisotopic (exact) mass is 215 g/mol. The maximum Gasteiger partial charge on any atom is 0.0550 e. The van der Waals surface area contributed by atoms with E-state index < -0.39 is 0 Å². The van der Waals surface area contributed by atoms with Crippen molar-refractivity contribution in [1.82, 2.24) is 0 Å². The van der Waals surface area contributed by atoms with Crippen molar-refractivity contribution in [3.8, 4) is 0 Å². The van der Waals surface area contributed by atoms with Gasteiger partial charge in [-0.25, -0.2) is 0 Å². The molecule has 0 nitrogen and oxygen atoms in total. The number of alkyl halides is 1. The predicted octanol–water partition coefficient (Wildman–Crippen LogP) is 5.12. The average Bonchev–Trinajstić information content (AvgIpc) is 2.21. The van der Waals surface area contributed by atoms with Gasteiger partial charge in [-0.1, -0.05) is 46.6 Å². The maximum atomic E-state index is 6.39. The highest BCUT2D eigenvalue weighted by atomic mass is 35.5. The lowest BCUT2D eigenvalue weighted by molar-refractivity contribution is 0.703. The minimum atomic E-state index is 0.231. The zero-order valence-electron chi connectivity index (χ0n) is 10.1. The van der Waals surface area contributed by atoms with Gasteiger partial charge in [-0.3, -0.25) is 0 Å². The fourth-order valence-corrected chi connectivity index (χ4v) is 1.96. The van der Waals surface area contributed by atoms with Crippen LogP contribution in [0.4, 0.5) is 0 Å². The summed E-state index contributed by atoms with van der Waals surface area (Å²) in [5, 5.41) is 0.231. The molecule has 0 aliphatic rings. The molecule has 1 atom stereocenters. The quantitative estimate of drug-likeness (QED) is 0.517. The Hall–Kier alpha value is 0.0300. The van der Waals surface area contributed by atoms with E-state index in [-0.39, 0.29) is 5.38 Å². The molecule has 0 spiro atoms. The zero-order chi connectivity index (χ0) is 11.0. The first-order chi connectivity index (χ1) is 6.67. The van der Waals surface area contributed by atoms with Crippen LogP contribution in [0.3, 0.4) is 0 Å². The van der Waals surface area contributed by atoms with Crippen LogP contribution in [-0.4, -0.2) is 5.38 Å². The van der Waals surface area contributed by atoms with Gasteiger partial charge in [0.25, 0.3) is 0 Å². The molecule has 0 saturated carbocycles. The summed E-state index contributed by atoms with van der Waals surface area (Å²) < 4.78 is 0. The summed E-state index contributed by atoms with van der Waals surface area (Å²) in [6, 6.07) is 0. The zero-order valence-corrected chi connectivity index (χ0v) is 10.8. The van der Waals surface area contributed by atoms with E-state index in [4.69, 9.17) is 11.6 Å². The van der Waals surface area contributed by atoms with E-state index in [1.165, 1.54) is 24.3 Å². The number of hydrogen-bond acceptors (Lipinski definition) is 0. The molecule has 0 aliphatic carbocycles. The summed E-state index contributed by atoms with van der Waals surface area (Å²) >= 11 is 6.39. The van der Waals surface area contributed by atoms with E-state index >= 15 is 0 Å². The molecule has 0 aromatic carbocycles. The highest BCUT2D eigenvalue weighted by molar-refractivity contribution is 6.22. The molecular weight excluding hydrogens is 192 g/mol. The van der Waals surface area contributed by atoms with Gasteiger partial charge >= 0.3 is 0 Å². The van der Waals surface area contributed by atoms with Crippen molar-refractivity contribution in [2.75, 3.05) is 0 Å². The van der Waals surface area contributed by atoms with Crippen LogP contribution in [0.5, 0.6) is 0 Å². The Balaban J connectivity index is 4.26. The standard InChI is InChI=1S/C13H24Cl/c1-5-8-10-13(14)12(9-6-2)11(4)7-3/h9,13H,5-8,10H2,1-4H3. The molecular formula is C13H24Cl. The SMILES string of the molecule is CCC=C([C](C)CC)C(Cl)CCCC. The van der Waals surface area contributed by atoms with Gasteiger partial charge in [0, 0.05) is 0 Å². The van der Waals surface area contributed by atoms with Gasteiger partial charge in [0.1, 0.15) is 0 Å². The summed E-state index contributed by atoms with van der Waals surface area (Å²) in [6.45, 7) is 8.78. The van der Waals surface area contributed by atoms with Crippen molar-refractivity contribution in [2.45, 2.75) is 65.2 Å². The number of allylic oxidation sites excluding steroid dienone is 2. The Kier molecular flexibility index (Phi) is 8.37. The fourth-order valence-electron chi connectivity index (χ4n) is 1.53. The van der Waals surface area contributed by atoms with E-state index in [1.807, 2.05) is 0 Å². The van der Waals surface area contributed by atoms with Crippen molar-refractivity contribution in [1.29, 1.82) is 0 Å². The molecule has 0 bridgehead atoms. The molecule has 0 aliphatic heterocycles. The molecule has 1 unspecified atom stereocenters. The molecule has 1 heteroatoms. The van der Waals surface area contributed by atoms with Crippen molar-refractivity contribution in [3.05, 3.63) is 17.6 Å². The fraction of sp³-hybridized carbons (Fsp3) is 0.769. The second-order valence-electron chi connectivity index (χ2n) is 3.81. The minimum Gasteiger partial charge on any atom is -0.118 e. The Morgan fingerprint density at radius 2 is 1.93 bits per heavy atom. The molecule has 1 radical (unpaired) electrons. The first-order valence-electron chi connectivity index (χ1n) is 5.84. The van der Waals surface area contributed by atoms with Crippen molar-refractivity contribution >= 4 is 11.6 Å². The Morgan fingerprint density at radius 3 is 2.36 bits per heavy atom. The normalized spacial score (nSPS) is 14.9. The average molecular weight is 216 g/mol. The predicted molar refractivity (Wildman–Crippen MR) is 66.7 cm³/mol. The van der Waals surface area contributed by atoms with Crippen molar-refractivity contribution in [2.24, 2.45) is 0 Å². The molecule has 0 aromatic rings. The van der Waals surface area contributed by atoms with Crippen molar-refractivity contribution < 1.29 is 0 Å². The molecule has 0 aromatic heterocycles. The molecule has 14 heavy (non-hydrogen) atoms. The summed E-state index contributed by atoms with van der Waals surface area (Å²) in [5.41, 5.74) is 1.38. The minimum absolute atomic E-state index is 0.231. The molecule has 0 fully saturated rings. The van der Waals surface area contributed by atoms with Gasteiger partial charge in [0.2, 0.25) is 0 Å². The summed E-state index contributed by atoms with van der Waals surface area (Å²) in [5.74, 6) is 1.45. The van der Waals surface area contributed by atoms with Crippen LogP contribution in [0.1, 0.15) is 59.8 Å². The van der Waals surface area contributed by atoms with Crippen LogP contribution in [-0.2, 0) is 0 Å². The smallest absolute Gasteiger partial charge is 0.0550 e. The molecule has 83 valence electrons. The number of unbranched alkanes of at least 4 members (excludes halogenated alkanes) is 1. The van der Waals surface area contributed by atoms with E-state index in [0.29, 0.717) is 0 Å². The summed E-state index contributed by atoms with van der Waals surface area (Å²) in [6.07, 6.45) is 8.05. The Bertz CT molecular complexity index is 161. The highest BCUT2D eigenvalue weighted by Gasteiger charge is 2.15. The van der Waals surface area contributed by atoms with E-state index in [2.05, 4.69) is 33.8 Å². The lowest BCUT2D eigenvalue weighted by Crippen LogP contribution is -2.09. The Morgan fingerprint density at radius 1 is 1.29 bits per heavy atom. The van der Waals surface area contributed by atoms with Crippen LogP contribution in [0.2, 0.25) is 0 Å². The van der Waals surface area contributed by atoms with Gasteiger partial charge in [0.05, 0.1) is 5.38 Å². The van der Waals surface area contributed by atoms with E-state index in [0.717, 1.165) is 19.3 Å². The van der Waals surface area contributed by atoms with Crippen LogP contribution < -0.4 is 0 Å². The molecule has 0 heterocycles. The summed E-state index contributed by atoms with van der Waals surface area (Å²) in [7, 11) is 0. The third-order valence-electron chi connectivity index (χ3n) is 2.60. The third kappa shape index (κ3) is 5.05. The first kappa shape index (κ1) is 14.0. The maximum absolute atomic E-state index is 6.39. The molecule has 0 saturated heterocycles. The molecule has 0 rings (SSSR count). The third-order valence-corrected chi connectivity index (χ3v) is 3.05. The molecule has 0 N–H and O–H groups in total. The number of halogens is 1. The largest absolute Gasteiger partial charge is 0.118 e. The van der Waals surface area contributed by atoms with Crippen LogP contribution in [0, 0.1) is 5.92 Å². The second-order valence-corrected chi connectivity index (χ2v) is 4.34. The van der Waals surface area contributed by atoms with Gasteiger partial charge in [-0.05, 0) is 30.8 Å². The van der Waals surface area contributed by atoms with Gasteiger partial charge in [-0.15, -0.1) is 11.6 Å². The second kappa shape index (κ2) is 8.35. The van der Waals surface area contributed by atoms with Gasteiger partial charge in [-0.2, -0.15) is 0 Å². The lowest BCUT2D eigenvalue weighted by Gasteiger charge is -2.19. The van der Waals surface area contributed by atoms with Gasteiger partial charge < -0.3 is 0 Å². The van der Waals surface area contributed by atoms with Crippen LogP contribution in [0.15, 0.2) is 11.6 Å². The first-order valence-corrected chi connectivity index (χ1v) is 6.27. The van der Waals surface area contributed by atoms with E-state index in [9.17, 15) is 0 Å². The Labute approximate surface area is 94.7 Å². The van der Waals surface area contributed by atoms with Gasteiger partial charge in [0.15, 0.2) is 0 Å². The highest BCUT2D eigenvalue weighted by Crippen LogP contribution is 2.27. The number of hydrogen-bond donors (Lipinski definition) is 0. The van der Waals surface area contributed by atoms with Crippen LogP contribution >= 0.6 is 11.6 Å². The van der Waals surface area contributed by atoms with E-state index in [1.54, 1.807) is 0 Å². The number of rotatable bonds is 7. The van der Waals surface area contributed by atoms with Crippen molar-refractivity contribution in [3.63, 3.8) is 0 Å². The molecule has 0 amide bonds. The topological polar surface area (TPSA) is 0 Å². The summed E-state index contributed by atoms with van der Waals surface area (Å²) in [4.78, 5) is 0. The van der Waals surface area contributed by atoms with Crippen LogP contribution in [0.25, 0.3) is 0 Å².